The Morgan fingerprint density at radius 2 is 2.05 bits per heavy atom. The lowest BCUT2D eigenvalue weighted by atomic mass is 10.1. The number of nitrogens with two attached hydrogens (primary N) is 1. The number of nitrogens with one attached hydrogen (secondary N) is 1. The van der Waals surface area contributed by atoms with Crippen LogP contribution in [0.15, 0.2) is 18.2 Å². The first-order valence-corrected chi connectivity index (χ1v) is 6.57. The van der Waals surface area contributed by atoms with Crippen molar-refractivity contribution in [1.82, 2.24) is 5.32 Å². The SMILES string of the molecule is CCN(CC(=O)NC(C)C)c1ccc(N)cc1C(F)F. The molecule has 0 atom stereocenters. The molecule has 4 nitrogen and oxygen atoms in total. The molecule has 0 aromatic heterocycles. The van der Waals surface area contributed by atoms with Gasteiger partial charge in [-0.2, -0.15) is 0 Å². The van der Waals surface area contributed by atoms with Crippen molar-refractivity contribution < 1.29 is 13.6 Å². The van der Waals surface area contributed by atoms with Gasteiger partial charge in [-0.3, -0.25) is 4.79 Å². The van der Waals surface area contributed by atoms with Crippen molar-refractivity contribution >= 4 is 17.3 Å². The molecule has 112 valence electrons. The molecule has 0 saturated carbocycles. The van der Waals surface area contributed by atoms with E-state index in [1.165, 1.54) is 12.1 Å². The van der Waals surface area contributed by atoms with E-state index in [2.05, 4.69) is 5.32 Å². The van der Waals surface area contributed by atoms with Crippen LogP contribution < -0.4 is 16.0 Å². The molecule has 1 aromatic rings. The summed E-state index contributed by atoms with van der Waals surface area (Å²) in [5.41, 5.74) is 6.02. The normalized spacial score (nSPS) is 10.9. The maximum Gasteiger partial charge on any atom is 0.265 e. The number of hydrogen-bond acceptors (Lipinski definition) is 3. The number of hydrogen-bond donors (Lipinski definition) is 2. The van der Waals surface area contributed by atoms with E-state index in [1.807, 2.05) is 20.8 Å². The van der Waals surface area contributed by atoms with Crippen molar-refractivity contribution in [2.75, 3.05) is 23.7 Å². The minimum atomic E-state index is -2.63. The van der Waals surface area contributed by atoms with Crippen LogP contribution in [0.1, 0.15) is 32.8 Å². The highest BCUT2D eigenvalue weighted by Crippen LogP contribution is 2.31. The largest absolute Gasteiger partial charge is 0.399 e. The summed E-state index contributed by atoms with van der Waals surface area (Å²) >= 11 is 0. The standard InChI is InChI=1S/C14H21F2N3O/c1-4-19(8-13(20)18-9(2)3)12-6-5-10(17)7-11(12)14(15)16/h5-7,9,14H,4,8,17H2,1-3H3,(H,18,20). The van der Waals surface area contributed by atoms with Crippen molar-refractivity contribution in [2.45, 2.75) is 33.2 Å². The van der Waals surface area contributed by atoms with Crippen LogP contribution in [0.2, 0.25) is 0 Å². The molecule has 0 aliphatic heterocycles. The number of nitrogen functional groups attached to an aromatic ring is 1. The lowest BCUT2D eigenvalue weighted by Gasteiger charge is -2.25. The molecule has 0 spiro atoms. The maximum atomic E-state index is 13.1. The molecule has 0 saturated heterocycles. The third kappa shape index (κ3) is 4.36. The van der Waals surface area contributed by atoms with Gasteiger partial charge in [0, 0.05) is 29.5 Å². The van der Waals surface area contributed by atoms with Gasteiger partial charge in [-0.05, 0) is 39.0 Å². The minimum Gasteiger partial charge on any atom is -0.399 e. The number of anilines is 2. The van der Waals surface area contributed by atoms with Crippen LogP contribution in [-0.2, 0) is 4.79 Å². The van der Waals surface area contributed by atoms with Gasteiger partial charge in [-0.15, -0.1) is 0 Å². The second kappa shape index (κ2) is 7.07. The van der Waals surface area contributed by atoms with Crippen molar-refractivity contribution in [3.63, 3.8) is 0 Å². The highest BCUT2D eigenvalue weighted by Gasteiger charge is 2.19. The first-order chi connectivity index (χ1) is 9.35. The van der Waals surface area contributed by atoms with Gasteiger partial charge < -0.3 is 16.0 Å². The van der Waals surface area contributed by atoms with Crippen LogP contribution in [0.5, 0.6) is 0 Å². The van der Waals surface area contributed by atoms with Gasteiger partial charge in [0.15, 0.2) is 0 Å². The van der Waals surface area contributed by atoms with Gasteiger partial charge in [0.2, 0.25) is 5.91 Å². The lowest BCUT2D eigenvalue weighted by molar-refractivity contribution is -0.120. The number of alkyl halides is 2. The third-order valence-electron chi connectivity index (χ3n) is 2.79. The van der Waals surface area contributed by atoms with E-state index in [0.29, 0.717) is 12.2 Å². The summed E-state index contributed by atoms with van der Waals surface area (Å²) in [7, 11) is 0. The zero-order chi connectivity index (χ0) is 15.3. The molecule has 0 fully saturated rings. The summed E-state index contributed by atoms with van der Waals surface area (Å²) < 4.78 is 26.1. The van der Waals surface area contributed by atoms with Crippen molar-refractivity contribution in [2.24, 2.45) is 0 Å². The Kier molecular flexibility index (Phi) is 5.73. The van der Waals surface area contributed by atoms with Gasteiger partial charge >= 0.3 is 0 Å². The zero-order valence-corrected chi connectivity index (χ0v) is 12.0. The number of carbonyl (C=O) groups excluding carboxylic acids is 1. The van der Waals surface area contributed by atoms with Crippen LogP contribution in [0.25, 0.3) is 0 Å². The molecule has 0 heterocycles. The van der Waals surface area contributed by atoms with Gasteiger partial charge in [-0.25, -0.2) is 8.78 Å². The molecule has 0 radical (unpaired) electrons. The first-order valence-electron chi connectivity index (χ1n) is 6.57. The Labute approximate surface area is 117 Å². The number of rotatable bonds is 6. The molecule has 0 unspecified atom stereocenters. The zero-order valence-electron chi connectivity index (χ0n) is 12.0. The van der Waals surface area contributed by atoms with Gasteiger partial charge in [-0.1, -0.05) is 0 Å². The number of likely N-dealkylation sites (N-methyl/N-ethyl adjacent to an activating group) is 1. The second-order valence-electron chi connectivity index (χ2n) is 4.86. The maximum absolute atomic E-state index is 13.1. The van der Waals surface area contributed by atoms with Crippen molar-refractivity contribution in [3.05, 3.63) is 23.8 Å². The minimum absolute atomic E-state index is 0.0159. The van der Waals surface area contributed by atoms with Crippen molar-refractivity contribution in [1.29, 1.82) is 0 Å². The highest BCUT2D eigenvalue weighted by atomic mass is 19.3. The molecule has 6 heteroatoms. The van der Waals surface area contributed by atoms with Crippen molar-refractivity contribution in [3.8, 4) is 0 Å². The lowest BCUT2D eigenvalue weighted by Crippen LogP contribution is -2.40. The predicted octanol–water partition coefficient (Wildman–Crippen LogP) is 2.56. The molecule has 0 aliphatic rings. The number of carbonyl (C=O) groups is 1. The Hall–Kier alpha value is -1.85. The highest BCUT2D eigenvalue weighted by molar-refractivity contribution is 5.82. The fraction of sp³-hybridized carbons (Fsp3) is 0.500. The number of amides is 1. The number of nitrogens with zero attached hydrogens (tertiary/aromatic N) is 1. The topological polar surface area (TPSA) is 58.4 Å². The average Bonchev–Trinajstić information content (AvgIpc) is 2.35. The van der Waals surface area contributed by atoms with Gasteiger partial charge in [0.1, 0.15) is 0 Å². The molecule has 0 aliphatic carbocycles. The summed E-state index contributed by atoms with van der Waals surface area (Å²) in [6.07, 6.45) is -2.63. The van der Waals surface area contributed by atoms with Crippen LogP contribution in [0.3, 0.4) is 0 Å². The third-order valence-corrected chi connectivity index (χ3v) is 2.79. The van der Waals surface area contributed by atoms with Crippen LogP contribution in [0, 0.1) is 0 Å². The fourth-order valence-corrected chi connectivity index (χ4v) is 1.94. The first kappa shape index (κ1) is 16.2. The molecule has 1 rings (SSSR count). The molecular formula is C14H21F2N3O. The Morgan fingerprint density at radius 1 is 1.40 bits per heavy atom. The quantitative estimate of drug-likeness (QED) is 0.790. The molecule has 1 aromatic carbocycles. The van der Waals surface area contributed by atoms with Gasteiger partial charge in [0.05, 0.1) is 6.54 Å². The monoisotopic (exact) mass is 285 g/mol. The fourth-order valence-electron chi connectivity index (χ4n) is 1.94. The number of benzene rings is 1. The smallest absolute Gasteiger partial charge is 0.265 e. The van der Waals surface area contributed by atoms with E-state index in [4.69, 9.17) is 5.73 Å². The van der Waals surface area contributed by atoms with Crippen LogP contribution in [0.4, 0.5) is 20.2 Å². The van der Waals surface area contributed by atoms with E-state index < -0.39 is 6.43 Å². The van der Waals surface area contributed by atoms with Gasteiger partial charge in [0.25, 0.3) is 6.43 Å². The Bertz CT molecular complexity index is 464. The number of halogens is 2. The average molecular weight is 285 g/mol. The summed E-state index contributed by atoms with van der Waals surface area (Å²) in [4.78, 5) is 13.4. The predicted molar refractivity (Wildman–Crippen MR) is 77.0 cm³/mol. The van der Waals surface area contributed by atoms with E-state index in [9.17, 15) is 13.6 Å². The van der Waals surface area contributed by atoms with E-state index in [-0.39, 0.29) is 29.7 Å². The van der Waals surface area contributed by atoms with E-state index >= 15 is 0 Å². The summed E-state index contributed by atoms with van der Waals surface area (Å²) in [5, 5.41) is 2.74. The van der Waals surface area contributed by atoms with Crippen LogP contribution >= 0.6 is 0 Å². The van der Waals surface area contributed by atoms with Crippen LogP contribution in [-0.4, -0.2) is 25.0 Å². The Morgan fingerprint density at radius 3 is 2.55 bits per heavy atom. The Balaban J connectivity index is 2.97. The molecule has 1 amide bonds. The summed E-state index contributed by atoms with van der Waals surface area (Å²) in [6.45, 7) is 6.01. The van der Waals surface area contributed by atoms with E-state index in [1.54, 1.807) is 11.0 Å². The summed E-state index contributed by atoms with van der Waals surface area (Å²) in [6, 6.07) is 4.36. The molecular weight excluding hydrogens is 264 g/mol. The second-order valence-corrected chi connectivity index (χ2v) is 4.86. The van der Waals surface area contributed by atoms with E-state index in [0.717, 1.165) is 0 Å². The molecule has 3 N–H and O–H groups in total. The summed E-state index contributed by atoms with van der Waals surface area (Å²) in [5.74, 6) is -0.195. The molecule has 0 bridgehead atoms. The molecule has 20 heavy (non-hydrogen) atoms.